The summed E-state index contributed by atoms with van der Waals surface area (Å²) in [5.74, 6) is 1.34. The molecule has 0 bridgehead atoms. The van der Waals surface area contributed by atoms with Crippen molar-refractivity contribution in [1.29, 1.82) is 0 Å². The van der Waals surface area contributed by atoms with Crippen LogP contribution in [0.25, 0.3) is 178 Å². The number of benzene rings is 12. The molecule has 6 heterocycles. The molecule has 8 nitrogen and oxygen atoms in total. The Balaban J connectivity index is 0.000000143. The van der Waals surface area contributed by atoms with E-state index in [2.05, 4.69) is 211 Å². The monoisotopic (exact) mass is 1200 g/mol. The molecular formula is C86H54N6O2. The zero-order valence-corrected chi connectivity index (χ0v) is 50.7. The topological polar surface area (TPSA) is 104 Å². The maximum atomic E-state index is 6.08. The van der Waals surface area contributed by atoms with Gasteiger partial charge < -0.3 is 8.83 Å². The molecule has 12 aromatic carbocycles. The van der Waals surface area contributed by atoms with E-state index in [1.54, 1.807) is 0 Å². The van der Waals surface area contributed by atoms with E-state index in [0.717, 1.165) is 139 Å². The fraction of sp³-hybridized carbons (Fsp3) is 0. The first-order chi connectivity index (χ1) is 46.5. The van der Waals surface area contributed by atoms with E-state index in [0.29, 0.717) is 17.4 Å². The second-order valence-corrected chi connectivity index (χ2v) is 23.3. The number of nitrogens with zero attached hydrogens (tertiary/aromatic N) is 6. The zero-order valence-electron chi connectivity index (χ0n) is 50.7. The highest BCUT2D eigenvalue weighted by atomic mass is 16.3. The van der Waals surface area contributed by atoms with Gasteiger partial charge in [-0.3, -0.25) is 4.98 Å². The summed E-state index contributed by atoms with van der Waals surface area (Å²) in [6, 6.07) is 109. The van der Waals surface area contributed by atoms with Crippen LogP contribution in [-0.4, -0.2) is 29.9 Å². The van der Waals surface area contributed by atoms with Gasteiger partial charge in [0.05, 0.1) is 22.8 Å². The molecule has 6 aromatic heterocycles. The van der Waals surface area contributed by atoms with Crippen LogP contribution in [0.5, 0.6) is 0 Å². The third kappa shape index (κ3) is 10.6. The molecule has 8 heteroatoms. The van der Waals surface area contributed by atoms with E-state index in [9.17, 15) is 0 Å². The number of aromatic nitrogens is 6. The molecule has 0 aliphatic rings. The van der Waals surface area contributed by atoms with Crippen LogP contribution in [0.2, 0.25) is 0 Å². The summed E-state index contributed by atoms with van der Waals surface area (Å²) < 4.78 is 12.1. The van der Waals surface area contributed by atoms with Crippen molar-refractivity contribution in [2.75, 3.05) is 0 Å². The molecule has 0 aliphatic carbocycles. The third-order valence-corrected chi connectivity index (χ3v) is 17.5. The number of furan rings is 2. The predicted molar refractivity (Wildman–Crippen MR) is 384 cm³/mol. The van der Waals surface area contributed by atoms with Gasteiger partial charge >= 0.3 is 0 Å². The number of hydrogen-bond donors (Lipinski definition) is 0. The Hall–Kier alpha value is -12.8. The van der Waals surface area contributed by atoms with Gasteiger partial charge in [0.25, 0.3) is 0 Å². The number of hydrogen-bond acceptors (Lipinski definition) is 8. The van der Waals surface area contributed by atoms with Crippen LogP contribution in [0.4, 0.5) is 0 Å². The first-order valence-electron chi connectivity index (χ1n) is 31.4. The van der Waals surface area contributed by atoms with Crippen molar-refractivity contribution in [2.45, 2.75) is 0 Å². The summed E-state index contributed by atoms with van der Waals surface area (Å²) in [6.45, 7) is 0. The molecular weight excluding hydrogens is 1150 g/mol. The molecule has 18 rings (SSSR count). The average molecular weight is 1200 g/mol. The van der Waals surface area contributed by atoms with Crippen LogP contribution in [0.15, 0.2) is 337 Å². The Morgan fingerprint density at radius 2 is 0.702 bits per heavy atom. The number of fused-ring (bicyclic) bond motifs is 8. The van der Waals surface area contributed by atoms with Gasteiger partial charge in [-0.2, -0.15) is 0 Å². The number of rotatable bonds is 10. The number of para-hydroxylation sites is 1. The largest absolute Gasteiger partial charge is 0.454 e. The summed E-state index contributed by atoms with van der Waals surface area (Å²) in [6.07, 6.45) is 3.69. The molecule has 18 aromatic rings. The van der Waals surface area contributed by atoms with E-state index in [4.69, 9.17) is 33.8 Å². The van der Waals surface area contributed by atoms with Crippen LogP contribution in [0.1, 0.15) is 0 Å². The second kappa shape index (κ2) is 23.9. The summed E-state index contributed by atoms with van der Waals surface area (Å²) in [5.41, 5.74) is 22.0. The second-order valence-electron chi connectivity index (χ2n) is 23.3. The maximum absolute atomic E-state index is 6.08. The van der Waals surface area contributed by atoms with Gasteiger partial charge in [-0.05, 0) is 127 Å². The van der Waals surface area contributed by atoms with Crippen molar-refractivity contribution >= 4 is 65.7 Å². The average Bonchev–Trinajstić information content (AvgIpc) is 1.12. The molecule has 0 saturated heterocycles. The van der Waals surface area contributed by atoms with E-state index in [1.165, 1.54) is 21.5 Å². The highest BCUT2D eigenvalue weighted by Crippen LogP contribution is 2.43. The van der Waals surface area contributed by atoms with Crippen LogP contribution >= 0.6 is 0 Å². The summed E-state index contributed by atoms with van der Waals surface area (Å²) in [7, 11) is 0. The molecule has 94 heavy (non-hydrogen) atoms. The molecule has 0 aliphatic heterocycles. The Kier molecular flexibility index (Phi) is 14.0. The predicted octanol–water partition coefficient (Wildman–Crippen LogP) is 22.5. The molecule has 440 valence electrons. The molecule has 0 spiro atoms. The van der Waals surface area contributed by atoms with Gasteiger partial charge in [-0.25, -0.2) is 24.9 Å². The Morgan fingerprint density at radius 1 is 0.223 bits per heavy atom. The van der Waals surface area contributed by atoms with Gasteiger partial charge in [0.15, 0.2) is 17.2 Å². The lowest BCUT2D eigenvalue weighted by Crippen LogP contribution is -1.98. The lowest BCUT2D eigenvalue weighted by molar-refractivity contribution is 0.654. The highest BCUT2D eigenvalue weighted by Gasteiger charge is 2.21. The molecule has 0 unspecified atom stereocenters. The van der Waals surface area contributed by atoms with Crippen molar-refractivity contribution in [1.82, 2.24) is 29.9 Å². The van der Waals surface area contributed by atoms with Gasteiger partial charge in [0.2, 0.25) is 5.71 Å². The zero-order chi connectivity index (χ0) is 62.3. The smallest absolute Gasteiger partial charge is 0.227 e. The minimum Gasteiger partial charge on any atom is -0.454 e. The van der Waals surface area contributed by atoms with Crippen molar-refractivity contribution in [2.24, 2.45) is 0 Å². The lowest BCUT2D eigenvalue weighted by atomic mass is 9.91. The van der Waals surface area contributed by atoms with Gasteiger partial charge in [-0.15, -0.1) is 0 Å². The fourth-order valence-electron chi connectivity index (χ4n) is 12.8. The Bertz CT molecular complexity index is 5740. The molecule has 0 fully saturated rings. The fourth-order valence-corrected chi connectivity index (χ4v) is 12.8. The van der Waals surface area contributed by atoms with Crippen molar-refractivity contribution in [3.63, 3.8) is 0 Å². The van der Waals surface area contributed by atoms with E-state index < -0.39 is 0 Å². The summed E-state index contributed by atoms with van der Waals surface area (Å²) in [5, 5.41) is 7.80. The van der Waals surface area contributed by atoms with E-state index in [-0.39, 0.29) is 0 Å². The molecule has 0 saturated carbocycles. The summed E-state index contributed by atoms with van der Waals surface area (Å²) in [4.78, 5) is 30.3. The molecule has 0 radical (unpaired) electrons. The van der Waals surface area contributed by atoms with Crippen molar-refractivity contribution < 1.29 is 8.83 Å². The standard InChI is InChI=1S/2C43H27N3O/c1-3-12-29(13-4-1)38-27-39(30-14-5-2-6-15-30)46-43(45-38)36-25-31(20-22-35(36)34-18-9-16-28-11-7-8-17-33(28)34)32-21-23-40-37(26-32)42-41(47-40)19-10-24-44-42;1-3-12-29(13-4-1)39-26-40(30-14-5-2-6-15-30)46-42(45-39)37-24-32(21-22-35(37)33-20-19-28-11-7-8-16-31(28)23-33)34-25-38-36-17-9-10-18-41(36)47-43(38)44-27-34/h2*1-27H. The Labute approximate surface area is 541 Å². The molecule has 0 N–H and O–H groups in total. The van der Waals surface area contributed by atoms with Crippen LogP contribution in [-0.2, 0) is 0 Å². The minimum absolute atomic E-state index is 0.634. The Morgan fingerprint density at radius 3 is 1.35 bits per heavy atom. The first kappa shape index (κ1) is 55.3. The van der Waals surface area contributed by atoms with Gasteiger partial charge in [0.1, 0.15) is 16.7 Å². The van der Waals surface area contributed by atoms with Crippen molar-refractivity contribution in [3.8, 4) is 112 Å². The normalized spacial score (nSPS) is 11.4. The summed E-state index contributed by atoms with van der Waals surface area (Å²) >= 11 is 0. The van der Waals surface area contributed by atoms with Crippen LogP contribution in [0, 0.1) is 0 Å². The van der Waals surface area contributed by atoms with Crippen molar-refractivity contribution in [3.05, 3.63) is 328 Å². The maximum Gasteiger partial charge on any atom is 0.227 e. The third-order valence-electron chi connectivity index (χ3n) is 17.5. The van der Waals surface area contributed by atoms with E-state index in [1.807, 2.05) is 122 Å². The lowest BCUT2D eigenvalue weighted by Gasteiger charge is -2.16. The van der Waals surface area contributed by atoms with Gasteiger partial charge in [-0.1, -0.05) is 249 Å². The van der Waals surface area contributed by atoms with Crippen LogP contribution in [0.3, 0.4) is 0 Å². The van der Waals surface area contributed by atoms with Crippen LogP contribution < -0.4 is 0 Å². The SMILES string of the molecule is c1ccc(-c2cc(-c3ccccc3)nc(-c3cc(-c4ccc5oc6cccnc6c5c4)ccc3-c3cccc4ccccc34)n2)cc1.c1ccc(-c2cc(-c3ccccc3)nc(-c3cc(-c4cnc5oc6ccccc6c5c4)ccc3-c3ccc4ccccc4c3)n2)cc1. The van der Waals surface area contributed by atoms with Gasteiger partial charge in [0, 0.05) is 67.5 Å². The number of pyridine rings is 2. The highest BCUT2D eigenvalue weighted by molar-refractivity contribution is 6.07. The quantitative estimate of drug-likeness (QED) is 0.133. The molecule has 0 amide bonds. The minimum atomic E-state index is 0.634. The van der Waals surface area contributed by atoms with E-state index >= 15 is 0 Å². The molecule has 0 atom stereocenters. The first-order valence-corrected chi connectivity index (χ1v) is 31.4.